The number of esters is 1. The highest BCUT2D eigenvalue weighted by molar-refractivity contribution is 8.14. The normalized spacial score (nSPS) is 22.3. The number of carbonyl (C=O) groups excluding carboxylic acids is 1. The molecule has 0 amide bonds. The van der Waals surface area contributed by atoms with E-state index in [-0.39, 0.29) is 24.7 Å². The zero-order valence-corrected chi connectivity index (χ0v) is 20.5. The lowest BCUT2D eigenvalue weighted by Gasteiger charge is -2.17. The van der Waals surface area contributed by atoms with Gasteiger partial charge in [-0.15, -0.1) is 11.8 Å². The van der Waals surface area contributed by atoms with Gasteiger partial charge in [0, 0.05) is 30.3 Å². The molecule has 2 aliphatic heterocycles. The lowest BCUT2D eigenvalue weighted by molar-refractivity contribution is -0.153. The van der Waals surface area contributed by atoms with Gasteiger partial charge in [0.2, 0.25) is 10.0 Å². The number of rotatable bonds is 6. The second kappa shape index (κ2) is 8.72. The lowest BCUT2D eigenvalue weighted by atomic mass is 9.97. The van der Waals surface area contributed by atoms with Crippen LogP contribution in [-0.4, -0.2) is 72.5 Å². The molecule has 0 radical (unpaired) electrons. The van der Waals surface area contributed by atoms with Crippen molar-refractivity contribution < 1.29 is 17.9 Å². The number of nitrogens with one attached hydrogen (secondary N) is 2. The highest BCUT2D eigenvalue weighted by atomic mass is 32.2. The number of thioether (sulfide) groups is 1. The third-order valence-corrected chi connectivity index (χ3v) is 8.02. The first-order chi connectivity index (χ1) is 15.0. The summed E-state index contributed by atoms with van der Waals surface area (Å²) >= 11 is 1.65. The molecule has 8 nitrogen and oxygen atoms in total. The molecule has 1 unspecified atom stereocenters. The van der Waals surface area contributed by atoms with Gasteiger partial charge in [-0.05, 0) is 39.3 Å². The van der Waals surface area contributed by atoms with Crippen LogP contribution in [0.1, 0.15) is 32.9 Å². The monoisotopic (exact) mass is 478 g/mol. The third-order valence-electron chi connectivity index (χ3n) is 5.60. The van der Waals surface area contributed by atoms with Crippen molar-refractivity contribution in [2.24, 2.45) is 10.4 Å². The smallest absolute Gasteiger partial charge is 0.311 e. The Bertz CT molecular complexity index is 1150. The maximum atomic E-state index is 12.0. The quantitative estimate of drug-likeness (QED) is 0.619. The van der Waals surface area contributed by atoms with Crippen LogP contribution in [0.3, 0.4) is 0 Å². The first-order valence-electron chi connectivity index (χ1n) is 10.7. The average molecular weight is 479 g/mol. The number of nitrogens with zero attached hydrogens (tertiary/aromatic N) is 2. The molecule has 1 saturated heterocycles. The molecule has 32 heavy (non-hydrogen) atoms. The number of aromatic nitrogens is 1. The fraction of sp³-hybridized carbons (Fsp3) is 0.545. The third kappa shape index (κ3) is 5.13. The van der Waals surface area contributed by atoms with Gasteiger partial charge in [0.15, 0.2) is 0 Å². The topological polar surface area (TPSA) is 104 Å². The van der Waals surface area contributed by atoms with Crippen molar-refractivity contribution in [2.75, 3.05) is 37.0 Å². The van der Waals surface area contributed by atoms with Crippen LogP contribution >= 0.6 is 11.8 Å². The van der Waals surface area contributed by atoms with E-state index in [9.17, 15) is 13.2 Å². The van der Waals surface area contributed by atoms with Gasteiger partial charge < -0.3 is 15.0 Å². The van der Waals surface area contributed by atoms with Crippen molar-refractivity contribution in [2.45, 2.75) is 39.3 Å². The van der Waals surface area contributed by atoms with Gasteiger partial charge in [0.25, 0.3) is 0 Å². The van der Waals surface area contributed by atoms with Gasteiger partial charge >= 0.3 is 5.97 Å². The van der Waals surface area contributed by atoms with E-state index in [2.05, 4.69) is 16.4 Å². The summed E-state index contributed by atoms with van der Waals surface area (Å²) in [6.07, 6.45) is 2.03. The van der Waals surface area contributed by atoms with Gasteiger partial charge in [-0.25, -0.2) is 12.7 Å². The van der Waals surface area contributed by atoms with Crippen molar-refractivity contribution >= 4 is 49.4 Å². The highest BCUT2D eigenvalue weighted by Crippen LogP contribution is 2.30. The fourth-order valence-electron chi connectivity index (χ4n) is 3.80. The second-order valence-corrected chi connectivity index (χ2v) is 12.4. The van der Waals surface area contributed by atoms with E-state index in [1.54, 1.807) is 11.8 Å². The Kier molecular flexibility index (Phi) is 6.30. The van der Waals surface area contributed by atoms with Gasteiger partial charge in [0.1, 0.15) is 11.7 Å². The van der Waals surface area contributed by atoms with Gasteiger partial charge in [-0.3, -0.25) is 9.79 Å². The van der Waals surface area contributed by atoms with Crippen LogP contribution in [0, 0.1) is 5.41 Å². The number of para-hydroxylation sites is 1. The number of fused-ring (bicyclic) bond motifs is 1. The molecule has 3 heterocycles. The molecule has 1 aromatic heterocycles. The van der Waals surface area contributed by atoms with Crippen molar-refractivity contribution in [1.82, 2.24) is 9.29 Å². The molecular formula is C22H30N4O4S2. The molecule has 4 rings (SSSR count). The molecule has 1 aromatic carbocycles. The molecule has 0 saturated carbocycles. The summed E-state index contributed by atoms with van der Waals surface area (Å²) in [5.74, 6) is 0.560. The molecule has 10 heteroatoms. The molecule has 2 atom stereocenters. The molecule has 2 N–H and O–H groups in total. The van der Waals surface area contributed by atoms with Crippen LogP contribution in [-0.2, 0) is 19.6 Å². The highest BCUT2D eigenvalue weighted by Gasteiger charge is 2.29. The number of aromatic amines is 1. The summed E-state index contributed by atoms with van der Waals surface area (Å²) in [4.78, 5) is 20.3. The minimum Gasteiger partial charge on any atom is -0.463 e. The second-order valence-electron chi connectivity index (χ2n) is 9.45. The lowest BCUT2D eigenvalue weighted by Crippen LogP contribution is -2.30. The molecule has 1 fully saturated rings. The summed E-state index contributed by atoms with van der Waals surface area (Å²) in [5.41, 5.74) is 2.35. The molecular weight excluding hydrogens is 448 g/mol. The Morgan fingerprint density at radius 3 is 2.84 bits per heavy atom. The largest absolute Gasteiger partial charge is 0.463 e. The maximum absolute atomic E-state index is 12.0. The number of sulfonamides is 1. The molecule has 174 valence electrons. The number of hydrogen-bond acceptors (Lipinski definition) is 7. The zero-order valence-electron chi connectivity index (χ0n) is 18.8. The van der Waals surface area contributed by atoms with E-state index < -0.39 is 15.4 Å². The van der Waals surface area contributed by atoms with Crippen LogP contribution in [0.25, 0.3) is 10.9 Å². The minimum absolute atomic E-state index is 0.0502. The molecule has 2 aromatic rings. The van der Waals surface area contributed by atoms with Crippen LogP contribution < -0.4 is 5.32 Å². The van der Waals surface area contributed by atoms with Gasteiger partial charge in [0.05, 0.1) is 34.6 Å². The number of aliphatic imine (C=N–C) groups is 1. The Balaban J connectivity index is 1.46. The van der Waals surface area contributed by atoms with Crippen LogP contribution in [0.4, 0.5) is 5.69 Å². The van der Waals surface area contributed by atoms with E-state index >= 15 is 0 Å². The average Bonchev–Trinajstić information content (AvgIpc) is 3.43. The van der Waals surface area contributed by atoms with E-state index in [0.717, 1.165) is 39.5 Å². The van der Waals surface area contributed by atoms with Gasteiger partial charge in [-0.1, -0.05) is 12.1 Å². The number of ether oxygens (including phenoxy) is 1. The summed E-state index contributed by atoms with van der Waals surface area (Å²) < 4.78 is 30.6. The maximum Gasteiger partial charge on any atom is 0.311 e. The van der Waals surface area contributed by atoms with E-state index in [1.165, 1.54) is 10.6 Å². The van der Waals surface area contributed by atoms with E-state index in [4.69, 9.17) is 9.73 Å². The molecule has 0 bridgehead atoms. The van der Waals surface area contributed by atoms with Crippen molar-refractivity contribution in [3.05, 3.63) is 30.0 Å². The summed E-state index contributed by atoms with van der Waals surface area (Å²) in [6.45, 7) is 6.82. The Morgan fingerprint density at radius 1 is 1.38 bits per heavy atom. The summed E-state index contributed by atoms with van der Waals surface area (Å²) in [7, 11) is -3.17. The van der Waals surface area contributed by atoms with Crippen LogP contribution in [0.5, 0.6) is 0 Å². The number of carbonyl (C=O) groups is 1. The summed E-state index contributed by atoms with van der Waals surface area (Å²) in [6, 6.07) is 8.13. The zero-order chi connectivity index (χ0) is 23.1. The number of anilines is 1. The van der Waals surface area contributed by atoms with Crippen molar-refractivity contribution in [3.8, 4) is 0 Å². The first kappa shape index (κ1) is 23.1. The predicted octanol–water partition coefficient (Wildman–Crippen LogP) is 3.07. The predicted molar refractivity (Wildman–Crippen MR) is 130 cm³/mol. The van der Waals surface area contributed by atoms with E-state index in [0.29, 0.717) is 13.1 Å². The summed E-state index contributed by atoms with van der Waals surface area (Å²) in [5, 5.41) is 5.48. The number of hydrogen-bond donors (Lipinski definition) is 2. The van der Waals surface area contributed by atoms with Crippen LogP contribution in [0.15, 0.2) is 29.3 Å². The van der Waals surface area contributed by atoms with Gasteiger partial charge in [-0.2, -0.15) is 0 Å². The van der Waals surface area contributed by atoms with Crippen LogP contribution in [0.2, 0.25) is 0 Å². The first-order valence-corrected chi connectivity index (χ1v) is 13.6. The molecule has 2 aliphatic rings. The standard InChI is InChI=1S/C22H30N4O4S2/c1-22(2,3)21(27)30-12-16-13-31-20(24-16)18-10-14-6-5-7-17(19(14)25-18)23-15-8-9-26(11-15)32(4,28)29/h5-7,10,15-16,23,25H,8-9,11-13H2,1-4H3/t15?,16-/m1/s1. The Labute approximate surface area is 193 Å². The minimum atomic E-state index is -3.17. The molecule has 0 aliphatic carbocycles. The van der Waals surface area contributed by atoms with E-state index in [1.807, 2.05) is 39.0 Å². The SMILES string of the molecule is CC(C)(C)C(=O)OC[C@@H]1CSC(c2cc3cccc(NC4CCN(S(C)(=O)=O)C4)c3[nH]2)=N1. The fourth-order valence-corrected chi connectivity index (χ4v) is 5.69. The number of benzene rings is 1. The van der Waals surface area contributed by atoms with Crippen molar-refractivity contribution in [3.63, 3.8) is 0 Å². The Morgan fingerprint density at radius 2 is 2.16 bits per heavy atom. The Hall–Kier alpha value is -2.04. The number of H-pyrrole nitrogens is 1. The van der Waals surface area contributed by atoms with Crippen molar-refractivity contribution in [1.29, 1.82) is 0 Å². The molecule has 0 spiro atoms.